The van der Waals surface area contributed by atoms with Gasteiger partial charge in [-0.2, -0.15) is 0 Å². The molecule has 460 valence electrons. The molecule has 8 aromatic rings. The van der Waals surface area contributed by atoms with E-state index in [0.717, 1.165) is 27.3 Å². The summed E-state index contributed by atoms with van der Waals surface area (Å²) in [6, 6.07) is 30.7. The van der Waals surface area contributed by atoms with Crippen molar-refractivity contribution in [3.8, 4) is 43.4 Å². The van der Waals surface area contributed by atoms with Gasteiger partial charge in [0.2, 0.25) is 17.7 Å². The molecule has 0 aliphatic carbocycles. The van der Waals surface area contributed by atoms with Gasteiger partial charge in [-0.3, -0.25) is 19.2 Å². The van der Waals surface area contributed by atoms with Crippen LogP contribution in [0, 0.1) is 0 Å². The SMILES string of the molecule is CCOC(=O)c1csc(-c2ccc(-c3nc(C(=O)N[C@@H](COCOC)C(=O)N4CCC[C@H]4C(N)=O)cs3)nc2-c2csc(-c3csc([C@H](NC(=O)CNC(=O)OC(C)(C)C)[C@@H](O[Si](c4ccccc4)(c4ccccc4)C(C)(C)C)c4ccccc4)n3)n2)n1. The van der Waals surface area contributed by atoms with Crippen molar-refractivity contribution >= 4 is 99.7 Å². The predicted molar refractivity (Wildman–Crippen MR) is 341 cm³/mol. The van der Waals surface area contributed by atoms with E-state index in [-0.39, 0.29) is 37.9 Å². The molecule has 0 saturated carbocycles. The second kappa shape index (κ2) is 28.5. The molecular formula is C62H68N10O11S4Si. The molecule has 0 spiro atoms. The number of carbonyl (C=O) groups excluding carboxylic acids is 6. The number of aromatic nitrogens is 5. The number of esters is 1. The van der Waals surface area contributed by atoms with Gasteiger partial charge >= 0.3 is 12.1 Å². The molecule has 88 heavy (non-hydrogen) atoms. The van der Waals surface area contributed by atoms with Crippen LogP contribution in [0.15, 0.2) is 125 Å². The number of hydrogen-bond donors (Lipinski definition) is 4. The molecule has 6 heterocycles. The fraction of sp³-hybridized carbons (Fsp3) is 0.339. The number of thiazole rings is 4. The molecule has 26 heteroatoms. The van der Waals surface area contributed by atoms with E-state index in [1.165, 1.54) is 46.0 Å². The Kier molecular flexibility index (Phi) is 20.9. The van der Waals surface area contributed by atoms with E-state index in [0.29, 0.717) is 61.2 Å². The monoisotopic (exact) mass is 1280 g/mol. The first-order valence-electron chi connectivity index (χ1n) is 28.3. The Balaban J connectivity index is 1.09. The van der Waals surface area contributed by atoms with E-state index in [9.17, 15) is 28.8 Å². The molecule has 1 aliphatic heterocycles. The number of likely N-dealkylation sites (tertiary alicyclic amines) is 1. The van der Waals surface area contributed by atoms with Crippen LogP contribution in [0.25, 0.3) is 43.4 Å². The number of amides is 5. The number of nitrogens with one attached hydrogen (secondary N) is 3. The van der Waals surface area contributed by atoms with E-state index in [1.807, 2.05) is 77.5 Å². The van der Waals surface area contributed by atoms with Gasteiger partial charge in [-0.1, -0.05) is 112 Å². The standard InChI is InChI=1S/C62H68N10O11S4Si/c1-9-81-59(77)46-35-84-54(70-46)40-27-28-41(55-68-44(33-86-55)53(75)66-42(31-80-36-79-8)58(76)72-29-19-26-47(72)52(63)74)65-49(40)43-32-85-56(67-43)45-34-87-57(69-45)50(71-48(73)30-64-60(78)82-61(2,3)4)51(37-20-13-10-14-21-37)83-88(62(5,6)7,38-22-15-11-16-23-38)39-24-17-12-18-25-39/h10-18,20-25,27-28,32-35,42,47,50-51H,9,19,26,29-31,36H2,1-8H3,(H2,63,74)(H,64,78)(H,66,75)(H,71,73)/t42-,47-,50+,51-/m0/s1. The van der Waals surface area contributed by atoms with Crippen molar-refractivity contribution < 1.29 is 52.1 Å². The normalized spacial score (nSPS) is 14.6. The minimum atomic E-state index is -3.37. The van der Waals surface area contributed by atoms with Crippen molar-refractivity contribution in [3.05, 3.63) is 147 Å². The molecule has 1 fully saturated rings. The van der Waals surface area contributed by atoms with Gasteiger partial charge in [-0.15, -0.1) is 45.3 Å². The number of primary amides is 1. The second-order valence-electron chi connectivity index (χ2n) is 22.4. The quantitative estimate of drug-likeness (QED) is 0.0190. The van der Waals surface area contributed by atoms with Gasteiger partial charge < -0.3 is 50.0 Å². The van der Waals surface area contributed by atoms with Crippen LogP contribution in [-0.2, 0) is 37.8 Å². The highest BCUT2D eigenvalue weighted by molar-refractivity contribution is 7.15. The fourth-order valence-corrected chi connectivity index (χ4v) is 18.1. The highest BCUT2D eigenvalue weighted by Gasteiger charge is 2.53. The van der Waals surface area contributed by atoms with Crippen LogP contribution >= 0.6 is 45.3 Å². The highest BCUT2D eigenvalue weighted by Crippen LogP contribution is 2.45. The number of benzene rings is 3. The zero-order valence-corrected chi connectivity index (χ0v) is 54.0. The Morgan fingerprint density at radius 2 is 1.34 bits per heavy atom. The zero-order chi connectivity index (χ0) is 62.8. The van der Waals surface area contributed by atoms with Crippen molar-refractivity contribution in [2.24, 2.45) is 5.73 Å². The molecule has 1 aliphatic rings. The molecule has 9 rings (SSSR count). The van der Waals surface area contributed by atoms with Crippen LogP contribution in [0.5, 0.6) is 0 Å². The Hall–Kier alpha value is -7.95. The smallest absolute Gasteiger partial charge is 0.408 e. The molecule has 5 amide bonds. The summed E-state index contributed by atoms with van der Waals surface area (Å²) in [5, 5.41) is 18.8. The Morgan fingerprint density at radius 3 is 1.99 bits per heavy atom. The fourth-order valence-electron chi connectivity index (χ4n) is 10.2. The van der Waals surface area contributed by atoms with Crippen molar-refractivity contribution in [2.45, 2.75) is 96.2 Å². The van der Waals surface area contributed by atoms with Crippen LogP contribution in [0.3, 0.4) is 0 Å². The average Bonchev–Trinajstić information content (AvgIpc) is 1.26. The minimum Gasteiger partial charge on any atom is -0.461 e. The first-order chi connectivity index (χ1) is 42.2. The molecule has 1 saturated heterocycles. The maximum absolute atomic E-state index is 14.4. The molecule has 0 radical (unpaired) electrons. The maximum Gasteiger partial charge on any atom is 0.408 e. The Labute approximate surface area is 526 Å². The van der Waals surface area contributed by atoms with Crippen LogP contribution in [0.4, 0.5) is 4.79 Å². The zero-order valence-electron chi connectivity index (χ0n) is 49.8. The number of nitrogens with two attached hydrogens (primary N) is 1. The van der Waals surface area contributed by atoms with Crippen LogP contribution < -0.4 is 32.1 Å². The molecule has 21 nitrogen and oxygen atoms in total. The number of ether oxygens (including phenoxy) is 4. The van der Waals surface area contributed by atoms with Crippen LogP contribution in [-0.4, -0.2) is 132 Å². The lowest BCUT2D eigenvalue weighted by Crippen LogP contribution is -2.67. The largest absolute Gasteiger partial charge is 0.461 e. The third kappa shape index (κ3) is 15.1. The molecule has 5 N–H and O–H groups in total. The summed E-state index contributed by atoms with van der Waals surface area (Å²) < 4.78 is 29.2. The van der Waals surface area contributed by atoms with Gasteiger partial charge in [-0.05, 0) is 73.6 Å². The van der Waals surface area contributed by atoms with Gasteiger partial charge in [0.15, 0.2) is 5.69 Å². The van der Waals surface area contributed by atoms with Crippen molar-refractivity contribution in [1.82, 2.24) is 45.8 Å². The Morgan fingerprint density at radius 1 is 0.716 bits per heavy atom. The number of pyridine rings is 1. The molecule has 4 atom stereocenters. The number of alkyl carbamates (subject to hydrolysis) is 1. The van der Waals surface area contributed by atoms with Gasteiger partial charge in [0.25, 0.3) is 14.2 Å². The molecule has 5 aromatic heterocycles. The lowest BCUT2D eigenvalue weighted by Gasteiger charge is -2.46. The van der Waals surface area contributed by atoms with E-state index in [1.54, 1.807) is 50.6 Å². The van der Waals surface area contributed by atoms with Crippen molar-refractivity contribution in [3.63, 3.8) is 0 Å². The second-order valence-corrected chi connectivity index (χ2v) is 30.1. The number of nitrogens with zero attached hydrogens (tertiary/aromatic N) is 6. The summed E-state index contributed by atoms with van der Waals surface area (Å²) in [6.45, 7) is 13.1. The van der Waals surface area contributed by atoms with E-state index in [4.69, 9.17) is 44.1 Å². The average molecular weight is 1290 g/mol. The summed E-state index contributed by atoms with van der Waals surface area (Å²) in [4.78, 5) is 106. The first-order valence-corrected chi connectivity index (χ1v) is 33.7. The van der Waals surface area contributed by atoms with E-state index >= 15 is 0 Å². The summed E-state index contributed by atoms with van der Waals surface area (Å²) in [5.41, 5.74) is 7.94. The van der Waals surface area contributed by atoms with Crippen LogP contribution in [0.1, 0.15) is 105 Å². The van der Waals surface area contributed by atoms with Gasteiger partial charge in [0, 0.05) is 40.7 Å². The number of hydrogen-bond acceptors (Lipinski definition) is 20. The van der Waals surface area contributed by atoms with E-state index < -0.39 is 85.4 Å². The lowest BCUT2D eigenvalue weighted by molar-refractivity contribution is -0.141. The third-order valence-corrected chi connectivity index (χ3v) is 22.6. The third-order valence-electron chi connectivity index (χ3n) is 14.0. The summed E-state index contributed by atoms with van der Waals surface area (Å²) in [6.07, 6.45) is -0.621. The molecular weight excluding hydrogens is 1220 g/mol. The van der Waals surface area contributed by atoms with Gasteiger partial charge in [0.1, 0.15) is 79.9 Å². The van der Waals surface area contributed by atoms with Gasteiger partial charge in [0.05, 0.1) is 25.0 Å². The number of rotatable bonds is 24. The van der Waals surface area contributed by atoms with Crippen molar-refractivity contribution in [1.29, 1.82) is 0 Å². The Bertz CT molecular complexity index is 3700. The number of methoxy groups -OCH3 is 1. The molecule has 3 aromatic carbocycles. The van der Waals surface area contributed by atoms with E-state index in [2.05, 4.69) is 71.0 Å². The minimum absolute atomic E-state index is 0.000559. The summed E-state index contributed by atoms with van der Waals surface area (Å²) in [5.74, 6) is -2.93. The first kappa shape index (κ1) is 64.5. The predicted octanol–water partition coefficient (Wildman–Crippen LogP) is 8.95. The summed E-state index contributed by atoms with van der Waals surface area (Å²) in [7, 11) is -1.94. The highest BCUT2D eigenvalue weighted by atomic mass is 32.1. The topological polar surface area (TPSA) is 278 Å². The van der Waals surface area contributed by atoms with Gasteiger partial charge in [-0.25, -0.2) is 34.5 Å². The molecule has 0 unspecified atom stereocenters. The van der Waals surface area contributed by atoms with Crippen molar-refractivity contribution in [2.75, 3.05) is 40.2 Å². The number of carbonyl (C=O) groups is 6. The maximum atomic E-state index is 14.4. The summed E-state index contributed by atoms with van der Waals surface area (Å²) >= 11 is 5.00. The van der Waals surface area contributed by atoms with Crippen LogP contribution in [0.2, 0.25) is 5.04 Å². The lowest BCUT2D eigenvalue weighted by atomic mass is 10.0. The molecule has 0 bridgehead atoms.